The Bertz CT molecular complexity index is 1720. The summed E-state index contributed by atoms with van der Waals surface area (Å²) in [5.41, 5.74) is 5.28. The van der Waals surface area contributed by atoms with E-state index in [-0.39, 0.29) is 28.0 Å². The second-order valence-electron chi connectivity index (χ2n) is 11.8. The van der Waals surface area contributed by atoms with E-state index in [1.165, 1.54) is 0 Å². The fraction of sp³-hybridized carbons (Fsp3) is 0.242. The molecule has 1 aliphatic rings. The maximum Gasteiger partial charge on any atom is 0.292 e. The van der Waals surface area contributed by atoms with Crippen LogP contribution in [0.25, 0.3) is 16.7 Å². The molecule has 0 saturated heterocycles. The van der Waals surface area contributed by atoms with Gasteiger partial charge in [0, 0.05) is 27.8 Å². The summed E-state index contributed by atoms with van der Waals surface area (Å²) in [6.45, 7) is 12.8. The molecule has 0 radical (unpaired) electrons. The van der Waals surface area contributed by atoms with Gasteiger partial charge in [0.1, 0.15) is 17.2 Å². The van der Waals surface area contributed by atoms with Crippen LogP contribution in [0, 0.1) is 11.3 Å². The fourth-order valence-electron chi connectivity index (χ4n) is 4.84. The first-order valence-corrected chi connectivity index (χ1v) is 12.9. The number of rotatable bonds is 3. The molecule has 0 atom stereocenters. The zero-order valence-electron chi connectivity index (χ0n) is 23.0. The highest BCUT2D eigenvalue weighted by molar-refractivity contribution is 6.28. The maximum atomic E-state index is 13.2. The van der Waals surface area contributed by atoms with Gasteiger partial charge in [0.05, 0.1) is 17.0 Å². The van der Waals surface area contributed by atoms with E-state index in [2.05, 4.69) is 59.0 Å². The molecule has 196 valence electrons. The summed E-state index contributed by atoms with van der Waals surface area (Å²) in [4.78, 5) is 18.0. The summed E-state index contributed by atoms with van der Waals surface area (Å²) in [5, 5.41) is 24.8. The summed E-state index contributed by atoms with van der Waals surface area (Å²) < 4.78 is 6.01. The van der Waals surface area contributed by atoms with Crippen LogP contribution in [0.2, 0.25) is 0 Å². The number of fused-ring (bicyclic) bond motifs is 2. The molecule has 1 aliphatic heterocycles. The number of amides is 1. The van der Waals surface area contributed by atoms with E-state index < -0.39 is 5.91 Å². The number of furan rings is 1. The molecule has 1 aromatic heterocycles. The van der Waals surface area contributed by atoms with Gasteiger partial charge in [-0.1, -0.05) is 90.1 Å². The van der Waals surface area contributed by atoms with Crippen molar-refractivity contribution in [3.63, 3.8) is 0 Å². The minimum atomic E-state index is -0.551. The first-order chi connectivity index (χ1) is 18.4. The minimum Gasteiger partial charge on any atom is -0.480 e. The van der Waals surface area contributed by atoms with Crippen molar-refractivity contribution in [3.05, 3.63) is 100 Å². The Balaban J connectivity index is 1.76. The van der Waals surface area contributed by atoms with Crippen molar-refractivity contribution in [2.45, 2.75) is 52.4 Å². The van der Waals surface area contributed by atoms with Crippen molar-refractivity contribution in [1.82, 2.24) is 0 Å². The summed E-state index contributed by atoms with van der Waals surface area (Å²) in [6.07, 6.45) is 0. The van der Waals surface area contributed by atoms with Gasteiger partial charge < -0.3 is 14.8 Å². The van der Waals surface area contributed by atoms with Crippen molar-refractivity contribution in [2.75, 3.05) is 5.32 Å². The Morgan fingerprint density at radius 2 is 1.56 bits per heavy atom. The first-order valence-electron chi connectivity index (χ1n) is 12.9. The summed E-state index contributed by atoms with van der Waals surface area (Å²) >= 11 is 0. The predicted octanol–water partition coefficient (Wildman–Crippen LogP) is 7.46. The van der Waals surface area contributed by atoms with Gasteiger partial charge in [0.25, 0.3) is 11.9 Å². The third-order valence-electron chi connectivity index (χ3n) is 6.95. The third kappa shape index (κ3) is 4.61. The Morgan fingerprint density at radius 3 is 2.18 bits per heavy atom. The first kappa shape index (κ1) is 26.0. The molecule has 0 aliphatic carbocycles. The highest BCUT2D eigenvalue weighted by Gasteiger charge is 2.33. The highest BCUT2D eigenvalue weighted by atomic mass is 16.5. The largest absolute Gasteiger partial charge is 0.480 e. The Labute approximate surface area is 228 Å². The molecule has 0 spiro atoms. The molecular weight excluding hydrogens is 486 g/mol. The summed E-state index contributed by atoms with van der Waals surface area (Å²) in [5.74, 6) is -0.798. The van der Waals surface area contributed by atoms with Crippen LogP contribution < -0.4 is 5.32 Å². The SMILES string of the molecule is CC(C)(C)c1cc(C(C)(C)C)c2oc(O)c(C3=N/C(=C(\C#N)C(=O)Nc4ccccc4)c4ccccc43)c2c1. The molecule has 1 amide bonds. The number of nitriles is 1. The molecule has 2 N–H and O–H groups in total. The molecule has 0 saturated carbocycles. The molecule has 5 rings (SSSR count). The van der Waals surface area contributed by atoms with Crippen molar-refractivity contribution in [3.8, 4) is 12.0 Å². The van der Waals surface area contributed by atoms with Crippen molar-refractivity contribution >= 4 is 34.0 Å². The van der Waals surface area contributed by atoms with E-state index in [1.54, 1.807) is 24.3 Å². The number of hydrogen-bond donors (Lipinski definition) is 2. The molecule has 6 heteroatoms. The lowest BCUT2D eigenvalue weighted by Crippen LogP contribution is -2.16. The van der Waals surface area contributed by atoms with Crippen LogP contribution in [0.3, 0.4) is 0 Å². The van der Waals surface area contributed by atoms with Crippen molar-refractivity contribution in [1.29, 1.82) is 5.26 Å². The van der Waals surface area contributed by atoms with Crippen LogP contribution in [-0.4, -0.2) is 16.7 Å². The number of aromatic hydroxyl groups is 1. The van der Waals surface area contributed by atoms with Gasteiger partial charge in [-0.15, -0.1) is 0 Å². The van der Waals surface area contributed by atoms with Gasteiger partial charge in [-0.05, 0) is 34.6 Å². The van der Waals surface area contributed by atoms with Gasteiger partial charge in [-0.2, -0.15) is 5.26 Å². The van der Waals surface area contributed by atoms with Gasteiger partial charge >= 0.3 is 0 Å². The highest BCUT2D eigenvalue weighted by Crippen LogP contribution is 2.44. The van der Waals surface area contributed by atoms with Gasteiger partial charge in [0.2, 0.25) is 0 Å². The predicted molar refractivity (Wildman–Crippen MR) is 155 cm³/mol. The number of carbonyl (C=O) groups excluding carboxylic acids is 1. The summed E-state index contributed by atoms with van der Waals surface area (Å²) in [7, 11) is 0. The van der Waals surface area contributed by atoms with Crippen LogP contribution in [0.1, 0.15) is 69.4 Å². The van der Waals surface area contributed by atoms with Crippen molar-refractivity contribution < 1.29 is 14.3 Å². The number of aliphatic imine (C=N–C) groups is 1. The molecule has 4 aromatic rings. The van der Waals surface area contributed by atoms with E-state index in [9.17, 15) is 15.2 Å². The van der Waals surface area contributed by atoms with Gasteiger partial charge in [-0.3, -0.25) is 4.79 Å². The zero-order valence-corrected chi connectivity index (χ0v) is 23.0. The smallest absolute Gasteiger partial charge is 0.292 e. The fourth-order valence-corrected chi connectivity index (χ4v) is 4.84. The lowest BCUT2D eigenvalue weighted by molar-refractivity contribution is -0.112. The number of hydrogen-bond acceptors (Lipinski definition) is 5. The number of carbonyl (C=O) groups is 1. The Hall–Kier alpha value is -4.63. The minimum absolute atomic E-state index is 0.112. The van der Waals surface area contributed by atoms with Crippen LogP contribution >= 0.6 is 0 Å². The monoisotopic (exact) mass is 517 g/mol. The number of para-hydroxylation sites is 1. The topological polar surface area (TPSA) is 98.6 Å². The van der Waals surface area contributed by atoms with E-state index in [4.69, 9.17) is 9.41 Å². The Morgan fingerprint density at radius 1 is 0.923 bits per heavy atom. The Kier molecular flexibility index (Phi) is 6.19. The molecule has 0 bridgehead atoms. The van der Waals surface area contributed by atoms with E-state index in [0.717, 1.165) is 16.5 Å². The van der Waals surface area contributed by atoms with Crippen molar-refractivity contribution in [2.24, 2.45) is 4.99 Å². The molecule has 0 fully saturated rings. The van der Waals surface area contributed by atoms with Crippen LogP contribution in [0.15, 0.2) is 81.7 Å². The van der Waals surface area contributed by atoms with Crippen LogP contribution in [-0.2, 0) is 15.6 Å². The zero-order chi connectivity index (χ0) is 28.1. The second-order valence-corrected chi connectivity index (χ2v) is 11.8. The molecule has 3 aromatic carbocycles. The molecular formula is C33H31N3O3. The molecule has 39 heavy (non-hydrogen) atoms. The number of benzene rings is 3. The average molecular weight is 518 g/mol. The number of nitrogens with one attached hydrogen (secondary N) is 1. The molecule has 0 unspecified atom stereocenters. The average Bonchev–Trinajstić information content (AvgIpc) is 3.40. The lowest BCUT2D eigenvalue weighted by atomic mass is 9.79. The normalized spacial score (nSPS) is 14.5. The second kappa shape index (κ2) is 9.28. The summed E-state index contributed by atoms with van der Waals surface area (Å²) in [6, 6.07) is 22.6. The lowest BCUT2D eigenvalue weighted by Gasteiger charge is -2.25. The van der Waals surface area contributed by atoms with Gasteiger partial charge in [0.15, 0.2) is 0 Å². The van der Waals surface area contributed by atoms with E-state index in [0.29, 0.717) is 33.7 Å². The molecule has 2 heterocycles. The van der Waals surface area contributed by atoms with E-state index in [1.807, 2.05) is 36.4 Å². The van der Waals surface area contributed by atoms with Crippen LogP contribution in [0.5, 0.6) is 5.95 Å². The number of anilines is 1. The van der Waals surface area contributed by atoms with E-state index >= 15 is 0 Å². The maximum absolute atomic E-state index is 13.2. The molecule has 6 nitrogen and oxygen atoms in total. The standard InChI is InChI=1S/C33H31N3O3/c1-32(2,3)19-16-23-26(31(38)39-29(23)25(17-19)33(4,5)6)28-22-15-11-10-14-21(22)27(36-28)24(18-34)30(37)35-20-12-8-7-9-13-20/h7-17,38H,1-6H3,(H,35,37)/b27-24+. The number of nitrogens with zero attached hydrogens (tertiary/aromatic N) is 2. The third-order valence-corrected chi connectivity index (χ3v) is 6.95. The quantitative estimate of drug-likeness (QED) is 0.218. The van der Waals surface area contributed by atoms with Crippen LogP contribution in [0.4, 0.5) is 5.69 Å². The van der Waals surface area contributed by atoms with Gasteiger partial charge in [-0.25, -0.2) is 4.99 Å².